The standard InChI is InChI=1S/C19H11BrF2N2O3.C2H6/c20-12-7-16-15(26-9-27-16)6-11(12)10-4-5-17(23-8-10)24-19(25)18-13(21)2-1-3-14(18)22;1-2/h1-8H,9H2,(H,23,24,25);1-2H3. The van der Waals surface area contributed by atoms with Gasteiger partial charge in [-0.05, 0) is 36.4 Å². The van der Waals surface area contributed by atoms with Crippen LogP contribution in [0.1, 0.15) is 24.2 Å². The molecular weight excluding hydrogens is 446 g/mol. The Kier molecular flexibility index (Phi) is 6.43. The van der Waals surface area contributed by atoms with Crippen LogP contribution in [0.2, 0.25) is 0 Å². The number of pyridine rings is 1. The second-order valence-electron chi connectivity index (χ2n) is 5.67. The molecule has 4 rings (SSSR count). The summed E-state index contributed by atoms with van der Waals surface area (Å²) in [5.41, 5.74) is 0.932. The second kappa shape index (κ2) is 9.00. The summed E-state index contributed by atoms with van der Waals surface area (Å²) in [4.78, 5) is 16.3. The summed E-state index contributed by atoms with van der Waals surface area (Å²) in [7, 11) is 0. The topological polar surface area (TPSA) is 60.5 Å². The second-order valence-corrected chi connectivity index (χ2v) is 6.52. The number of rotatable bonds is 3. The highest BCUT2D eigenvalue weighted by atomic mass is 79.9. The van der Waals surface area contributed by atoms with E-state index in [9.17, 15) is 13.6 Å². The lowest BCUT2D eigenvalue weighted by atomic mass is 10.1. The van der Waals surface area contributed by atoms with Gasteiger partial charge in [0.2, 0.25) is 6.79 Å². The molecule has 2 aromatic carbocycles. The lowest BCUT2D eigenvalue weighted by molar-refractivity contribution is 0.101. The predicted molar refractivity (Wildman–Crippen MR) is 109 cm³/mol. The van der Waals surface area contributed by atoms with Gasteiger partial charge in [0, 0.05) is 21.8 Å². The monoisotopic (exact) mass is 462 g/mol. The number of benzene rings is 2. The Hall–Kier alpha value is -3.00. The summed E-state index contributed by atoms with van der Waals surface area (Å²) in [6, 6.07) is 10.1. The van der Waals surface area contributed by atoms with Crippen molar-refractivity contribution in [3.63, 3.8) is 0 Å². The van der Waals surface area contributed by atoms with Crippen molar-refractivity contribution in [1.29, 1.82) is 0 Å². The van der Waals surface area contributed by atoms with Gasteiger partial charge >= 0.3 is 0 Å². The van der Waals surface area contributed by atoms with E-state index in [4.69, 9.17) is 9.47 Å². The van der Waals surface area contributed by atoms with Crippen LogP contribution in [0.5, 0.6) is 11.5 Å². The Bertz CT molecular complexity index is 1020. The maximum absolute atomic E-state index is 13.7. The lowest BCUT2D eigenvalue weighted by Gasteiger charge is -2.09. The maximum atomic E-state index is 13.7. The van der Waals surface area contributed by atoms with Crippen molar-refractivity contribution < 1.29 is 23.0 Å². The van der Waals surface area contributed by atoms with Crippen molar-refractivity contribution in [1.82, 2.24) is 4.98 Å². The van der Waals surface area contributed by atoms with Crippen molar-refractivity contribution >= 4 is 27.7 Å². The Morgan fingerprint density at radius 2 is 1.72 bits per heavy atom. The number of anilines is 1. The molecule has 150 valence electrons. The van der Waals surface area contributed by atoms with Crippen LogP contribution in [0.25, 0.3) is 11.1 Å². The van der Waals surface area contributed by atoms with E-state index >= 15 is 0 Å². The summed E-state index contributed by atoms with van der Waals surface area (Å²) in [6.07, 6.45) is 1.54. The number of hydrogen-bond acceptors (Lipinski definition) is 4. The average Bonchev–Trinajstić information content (AvgIpc) is 3.16. The van der Waals surface area contributed by atoms with Crippen LogP contribution in [0.15, 0.2) is 53.1 Å². The van der Waals surface area contributed by atoms with Crippen molar-refractivity contribution in [3.05, 3.63) is 70.3 Å². The van der Waals surface area contributed by atoms with Crippen LogP contribution < -0.4 is 14.8 Å². The van der Waals surface area contributed by atoms with E-state index in [1.54, 1.807) is 18.2 Å². The number of hydrogen-bond donors (Lipinski definition) is 1. The molecule has 5 nitrogen and oxygen atoms in total. The molecule has 1 amide bonds. The molecule has 0 saturated heterocycles. The summed E-state index contributed by atoms with van der Waals surface area (Å²) in [5, 5.41) is 2.39. The van der Waals surface area contributed by atoms with Gasteiger partial charge in [-0.15, -0.1) is 0 Å². The van der Waals surface area contributed by atoms with Crippen LogP contribution in [-0.4, -0.2) is 17.7 Å². The van der Waals surface area contributed by atoms with Crippen LogP contribution in [0.3, 0.4) is 0 Å². The Labute approximate surface area is 174 Å². The van der Waals surface area contributed by atoms with E-state index in [2.05, 4.69) is 26.2 Å². The van der Waals surface area contributed by atoms with E-state index in [1.807, 2.05) is 19.9 Å². The zero-order valence-electron chi connectivity index (χ0n) is 15.6. The minimum absolute atomic E-state index is 0.168. The van der Waals surface area contributed by atoms with Crippen molar-refractivity contribution in [2.24, 2.45) is 0 Å². The number of aromatic nitrogens is 1. The Morgan fingerprint density at radius 3 is 2.34 bits per heavy atom. The quantitative estimate of drug-likeness (QED) is 0.534. The summed E-state index contributed by atoms with van der Waals surface area (Å²) >= 11 is 3.48. The molecular formula is C21H17BrF2N2O3. The SMILES string of the molecule is CC.O=C(Nc1ccc(-c2cc3c(cc2Br)OCO3)cn1)c1c(F)cccc1F. The minimum Gasteiger partial charge on any atom is -0.454 e. The Morgan fingerprint density at radius 1 is 1.07 bits per heavy atom. The van der Waals surface area contributed by atoms with Gasteiger partial charge in [0.05, 0.1) is 0 Å². The Balaban J connectivity index is 0.00000117. The fourth-order valence-corrected chi connectivity index (χ4v) is 3.21. The first-order valence-corrected chi connectivity index (χ1v) is 9.63. The first kappa shape index (κ1) is 20.7. The molecule has 8 heteroatoms. The van der Waals surface area contributed by atoms with E-state index < -0.39 is 23.1 Å². The number of nitrogens with zero attached hydrogens (tertiary/aromatic N) is 1. The number of ether oxygens (including phenoxy) is 2. The number of nitrogens with one attached hydrogen (secondary N) is 1. The molecule has 2 heterocycles. The number of halogens is 3. The highest BCUT2D eigenvalue weighted by Crippen LogP contribution is 2.41. The largest absolute Gasteiger partial charge is 0.454 e. The van der Waals surface area contributed by atoms with E-state index in [1.165, 1.54) is 12.3 Å². The van der Waals surface area contributed by atoms with Gasteiger partial charge in [-0.1, -0.05) is 35.8 Å². The van der Waals surface area contributed by atoms with Crippen LogP contribution >= 0.6 is 15.9 Å². The van der Waals surface area contributed by atoms with Gasteiger partial charge in [0.15, 0.2) is 11.5 Å². The highest BCUT2D eigenvalue weighted by Gasteiger charge is 2.19. The normalized spacial score (nSPS) is 11.5. The minimum atomic E-state index is -0.937. The third-order valence-corrected chi connectivity index (χ3v) is 4.62. The number of carbonyl (C=O) groups excluding carboxylic acids is 1. The van der Waals surface area contributed by atoms with Gasteiger partial charge in [-0.25, -0.2) is 13.8 Å². The molecule has 1 N–H and O–H groups in total. The predicted octanol–water partition coefficient (Wildman–Crippen LogP) is 5.80. The fourth-order valence-electron chi connectivity index (χ4n) is 2.66. The molecule has 3 aromatic rings. The molecule has 29 heavy (non-hydrogen) atoms. The molecule has 0 aliphatic carbocycles. The molecule has 0 atom stereocenters. The van der Waals surface area contributed by atoms with Gasteiger partial charge in [0.25, 0.3) is 5.91 Å². The molecule has 0 fully saturated rings. The van der Waals surface area contributed by atoms with E-state index in [-0.39, 0.29) is 12.6 Å². The van der Waals surface area contributed by atoms with Crippen LogP contribution in [-0.2, 0) is 0 Å². The number of amides is 1. The third-order valence-electron chi connectivity index (χ3n) is 3.97. The van der Waals surface area contributed by atoms with Gasteiger partial charge < -0.3 is 14.8 Å². The van der Waals surface area contributed by atoms with Crippen molar-refractivity contribution in [2.45, 2.75) is 13.8 Å². The van der Waals surface area contributed by atoms with E-state index in [0.717, 1.165) is 27.7 Å². The highest BCUT2D eigenvalue weighted by molar-refractivity contribution is 9.10. The maximum Gasteiger partial charge on any atom is 0.262 e. The van der Waals surface area contributed by atoms with Gasteiger partial charge in [0.1, 0.15) is 23.0 Å². The molecule has 0 radical (unpaired) electrons. The molecule has 1 aliphatic rings. The molecule has 0 saturated carbocycles. The summed E-state index contributed by atoms with van der Waals surface area (Å²) in [6.45, 7) is 4.17. The zero-order valence-corrected chi connectivity index (χ0v) is 17.2. The summed E-state index contributed by atoms with van der Waals surface area (Å²) in [5.74, 6) is -1.34. The molecule has 0 bridgehead atoms. The first-order valence-electron chi connectivity index (χ1n) is 8.84. The molecule has 0 spiro atoms. The lowest BCUT2D eigenvalue weighted by Crippen LogP contribution is -2.16. The molecule has 1 aliphatic heterocycles. The average molecular weight is 463 g/mol. The fraction of sp³-hybridized carbons (Fsp3) is 0.143. The van der Waals surface area contributed by atoms with Crippen molar-refractivity contribution in [2.75, 3.05) is 12.1 Å². The molecule has 1 aromatic heterocycles. The van der Waals surface area contributed by atoms with Crippen LogP contribution in [0.4, 0.5) is 14.6 Å². The van der Waals surface area contributed by atoms with Crippen LogP contribution in [0, 0.1) is 11.6 Å². The smallest absolute Gasteiger partial charge is 0.262 e. The first-order chi connectivity index (χ1) is 14.0. The number of carbonyl (C=O) groups is 1. The van der Waals surface area contributed by atoms with E-state index in [0.29, 0.717) is 11.5 Å². The summed E-state index contributed by atoms with van der Waals surface area (Å²) < 4.78 is 38.9. The van der Waals surface area contributed by atoms with Gasteiger partial charge in [-0.2, -0.15) is 0 Å². The third kappa shape index (κ3) is 4.37. The zero-order chi connectivity index (χ0) is 21.0. The van der Waals surface area contributed by atoms with Crippen molar-refractivity contribution in [3.8, 4) is 22.6 Å². The van der Waals surface area contributed by atoms with Gasteiger partial charge in [-0.3, -0.25) is 4.79 Å². The number of fused-ring (bicyclic) bond motifs is 1. The molecule has 0 unspecified atom stereocenters.